The van der Waals surface area contributed by atoms with Gasteiger partial charge in [-0.15, -0.1) is 0 Å². The Labute approximate surface area is 125 Å². The Morgan fingerprint density at radius 3 is 2.14 bits per heavy atom. The highest BCUT2D eigenvalue weighted by Gasteiger charge is 1.99. The van der Waals surface area contributed by atoms with Crippen LogP contribution in [0.15, 0.2) is 48.5 Å². The Morgan fingerprint density at radius 1 is 1.00 bits per heavy atom. The molecule has 1 amide bonds. The molecule has 2 aromatic carbocycles. The van der Waals surface area contributed by atoms with Gasteiger partial charge in [0.2, 0.25) is 6.41 Å². The SMILES string of the molecule is O=CNc1cccc(CCc2cccc(NS(=O)[O-])c2)c1. The van der Waals surface area contributed by atoms with Crippen LogP contribution in [0.25, 0.3) is 0 Å². The van der Waals surface area contributed by atoms with Gasteiger partial charge >= 0.3 is 0 Å². The molecule has 0 aliphatic carbocycles. The van der Waals surface area contributed by atoms with Gasteiger partial charge in [0.25, 0.3) is 0 Å². The predicted molar refractivity (Wildman–Crippen MR) is 82.5 cm³/mol. The molecule has 6 heteroatoms. The predicted octanol–water partition coefficient (Wildman–Crippen LogP) is 2.25. The first-order chi connectivity index (χ1) is 10.2. The summed E-state index contributed by atoms with van der Waals surface area (Å²) in [5, 5.41) is 2.62. The van der Waals surface area contributed by atoms with Crippen molar-refractivity contribution in [1.82, 2.24) is 0 Å². The molecular formula is C15H15N2O3S-. The lowest BCUT2D eigenvalue weighted by Crippen LogP contribution is -2.02. The van der Waals surface area contributed by atoms with Gasteiger partial charge in [-0.1, -0.05) is 24.3 Å². The van der Waals surface area contributed by atoms with E-state index in [-0.39, 0.29) is 0 Å². The number of anilines is 2. The molecule has 2 aromatic rings. The topological polar surface area (TPSA) is 81.3 Å². The van der Waals surface area contributed by atoms with E-state index in [4.69, 9.17) is 0 Å². The summed E-state index contributed by atoms with van der Waals surface area (Å²) >= 11 is -2.31. The number of hydrogen-bond donors (Lipinski definition) is 2. The standard InChI is InChI=1S/C15H16N2O3S/c18-11-16-14-5-1-3-12(9-14)7-8-13-4-2-6-15(10-13)17-21(19)20/h1-6,9-11,17H,7-8H2,(H,16,18)(H,19,20)/p-1. The second kappa shape index (κ2) is 7.56. The Morgan fingerprint density at radius 2 is 1.57 bits per heavy atom. The third kappa shape index (κ3) is 5.02. The number of nitrogens with one attached hydrogen (secondary N) is 2. The maximum atomic E-state index is 10.6. The summed E-state index contributed by atoms with van der Waals surface area (Å²) in [5.74, 6) is 0. The molecular weight excluding hydrogens is 288 g/mol. The molecule has 0 radical (unpaired) electrons. The van der Waals surface area contributed by atoms with E-state index in [9.17, 15) is 13.6 Å². The number of carbonyl (C=O) groups excluding carboxylic acids is 1. The van der Waals surface area contributed by atoms with Crippen LogP contribution in [0.2, 0.25) is 0 Å². The molecule has 1 unspecified atom stereocenters. The Kier molecular flexibility index (Phi) is 5.48. The number of carbonyl (C=O) groups is 1. The first-order valence-corrected chi connectivity index (χ1v) is 7.49. The van der Waals surface area contributed by atoms with E-state index >= 15 is 0 Å². The minimum absolute atomic E-state index is 0.553. The van der Waals surface area contributed by atoms with E-state index in [1.807, 2.05) is 42.5 Å². The van der Waals surface area contributed by atoms with E-state index in [0.717, 1.165) is 29.7 Å². The Balaban J connectivity index is 2.00. The molecule has 0 saturated heterocycles. The number of aryl methyl sites for hydroxylation is 2. The Bertz CT molecular complexity index is 646. The van der Waals surface area contributed by atoms with Gasteiger partial charge in [0, 0.05) is 22.6 Å². The summed E-state index contributed by atoms with van der Waals surface area (Å²) in [6, 6.07) is 14.9. The van der Waals surface area contributed by atoms with Gasteiger partial charge in [0.05, 0.1) is 0 Å². The zero-order valence-corrected chi connectivity index (χ0v) is 12.1. The van der Waals surface area contributed by atoms with E-state index < -0.39 is 11.3 Å². The van der Waals surface area contributed by atoms with Crippen LogP contribution in [0.3, 0.4) is 0 Å². The molecule has 110 valence electrons. The van der Waals surface area contributed by atoms with Gasteiger partial charge in [-0.2, -0.15) is 0 Å². The second-order valence-corrected chi connectivity index (χ2v) is 5.17. The molecule has 5 nitrogen and oxygen atoms in total. The monoisotopic (exact) mass is 303 g/mol. The number of rotatable bonds is 7. The van der Waals surface area contributed by atoms with Crippen molar-refractivity contribution in [3.8, 4) is 0 Å². The summed E-state index contributed by atoms with van der Waals surface area (Å²) in [4.78, 5) is 10.4. The quantitative estimate of drug-likeness (QED) is 0.608. The molecule has 0 spiro atoms. The van der Waals surface area contributed by atoms with E-state index in [1.54, 1.807) is 6.07 Å². The van der Waals surface area contributed by atoms with Gasteiger partial charge in [0.15, 0.2) is 0 Å². The molecule has 0 bridgehead atoms. The van der Waals surface area contributed by atoms with Crippen LogP contribution in [-0.4, -0.2) is 15.2 Å². The van der Waals surface area contributed by atoms with Crippen LogP contribution in [0.1, 0.15) is 11.1 Å². The molecule has 0 heterocycles. The lowest BCUT2D eigenvalue weighted by Gasteiger charge is -2.10. The van der Waals surface area contributed by atoms with Gasteiger partial charge in [0.1, 0.15) is 0 Å². The van der Waals surface area contributed by atoms with Crippen molar-refractivity contribution in [2.45, 2.75) is 12.8 Å². The molecule has 0 aliphatic rings. The average molecular weight is 303 g/mol. The van der Waals surface area contributed by atoms with E-state index in [0.29, 0.717) is 12.1 Å². The van der Waals surface area contributed by atoms with Crippen LogP contribution in [-0.2, 0) is 28.9 Å². The molecule has 2 N–H and O–H groups in total. The maximum absolute atomic E-state index is 10.6. The summed E-state index contributed by atoms with van der Waals surface area (Å²) in [5.41, 5.74) is 3.46. The van der Waals surface area contributed by atoms with Crippen molar-refractivity contribution in [3.63, 3.8) is 0 Å². The molecule has 0 aliphatic heterocycles. The molecule has 2 rings (SSSR count). The summed E-state index contributed by atoms with van der Waals surface area (Å²) < 4.78 is 23.6. The average Bonchev–Trinajstić information content (AvgIpc) is 2.46. The Hall–Kier alpha value is -2.18. The van der Waals surface area contributed by atoms with Crippen molar-refractivity contribution in [1.29, 1.82) is 0 Å². The second-order valence-electron chi connectivity index (χ2n) is 4.50. The van der Waals surface area contributed by atoms with E-state index in [2.05, 4.69) is 10.0 Å². The molecule has 0 fully saturated rings. The first-order valence-electron chi connectivity index (χ1n) is 6.41. The smallest absolute Gasteiger partial charge is 0.211 e. The van der Waals surface area contributed by atoms with Crippen molar-refractivity contribution >= 4 is 29.1 Å². The third-order valence-electron chi connectivity index (χ3n) is 2.98. The molecule has 1 atom stereocenters. The maximum Gasteiger partial charge on any atom is 0.211 e. The highest BCUT2D eigenvalue weighted by Crippen LogP contribution is 2.15. The van der Waals surface area contributed by atoms with Crippen molar-refractivity contribution in [2.75, 3.05) is 10.0 Å². The van der Waals surface area contributed by atoms with Crippen LogP contribution >= 0.6 is 0 Å². The number of amides is 1. The van der Waals surface area contributed by atoms with Crippen LogP contribution in [0.4, 0.5) is 11.4 Å². The zero-order valence-electron chi connectivity index (χ0n) is 11.2. The summed E-state index contributed by atoms with van der Waals surface area (Å²) in [6.45, 7) is 0. The fourth-order valence-electron chi connectivity index (χ4n) is 2.06. The van der Waals surface area contributed by atoms with Gasteiger partial charge in [-0.3, -0.25) is 9.00 Å². The van der Waals surface area contributed by atoms with Crippen LogP contribution < -0.4 is 10.0 Å². The van der Waals surface area contributed by atoms with Crippen LogP contribution in [0, 0.1) is 0 Å². The summed E-state index contributed by atoms with van der Waals surface area (Å²) in [7, 11) is 0. The minimum Gasteiger partial charge on any atom is -0.755 e. The highest BCUT2D eigenvalue weighted by atomic mass is 32.2. The van der Waals surface area contributed by atoms with Crippen LogP contribution in [0.5, 0.6) is 0 Å². The lowest BCUT2D eigenvalue weighted by atomic mass is 10.0. The van der Waals surface area contributed by atoms with Gasteiger partial charge in [-0.25, -0.2) is 0 Å². The number of benzene rings is 2. The third-order valence-corrected chi connectivity index (χ3v) is 3.39. The first kappa shape index (κ1) is 15.2. The zero-order chi connectivity index (χ0) is 15.1. The van der Waals surface area contributed by atoms with Gasteiger partial charge < -0.3 is 14.6 Å². The lowest BCUT2D eigenvalue weighted by molar-refractivity contribution is -0.105. The highest BCUT2D eigenvalue weighted by molar-refractivity contribution is 7.80. The van der Waals surface area contributed by atoms with Gasteiger partial charge in [-0.05, 0) is 48.2 Å². The fraction of sp³-hybridized carbons (Fsp3) is 0.133. The van der Waals surface area contributed by atoms with Crippen molar-refractivity contribution in [3.05, 3.63) is 59.7 Å². The molecule has 0 aromatic heterocycles. The van der Waals surface area contributed by atoms with Crippen molar-refractivity contribution < 1.29 is 13.6 Å². The minimum atomic E-state index is -2.31. The van der Waals surface area contributed by atoms with Crippen molar-refractivity contribution in [2.24, 2.45) is 0 Å². The van der Waals surface area contributed by atoms with E-state index in [1.165, 1.54) is 0 Å². The fourth-order valence-corrected chi connectivity index (χ4v) is 2.38. The number of hydrogen-bond acceptors (Lipinski definition) is 3. The largest absolute Gasteiger partial charge is 0.755 e. The normalized spacial score (nSPS) is 11.7. The molecule has 0 saturated carbocycles. The summed E-state index contributed by atoms with van der Waals surface area (Å²) in [6.07, 6.45) is 2.24. The molecule has 21 heavy (non-hydrogen) atoms.